The molecule has 1 aliphatic carbocycles. The third kappa shape index (κ3) is 2.90. The molecule has 2 aliphatic rings. The van der Waals surface area contributed by atoms with E-state index in [1.165, 1.54) is 12.8 Å². The minimum atomic E-state index is -0.517. The molecule has 1 aromatic rings. The molecule has 5 heteroatoms. The van der Waals surface area contributed by atoms with Gasteiger partial charge in [-0.05, 0) is 64.7 Å². The van der Waals surface area contributed by atoms with Gasteiger partial charge in [-0.1, -0.05) is 0 Å². The van der Waals surface area contributed by atoms with E-state index in [1.807, 2.05) is 27.7 Å². The number of hydrogen-bond donors (Lipinski definition) is 1. The van der Waals surface area contributed by atoms with E-state index in [4.69, 9.17) is 14.0 Å². The predicted molar refractivity (Wildman–Crippen MR) is 82.0 cm³/mol. The largest absolute Gasteiger partial charge is 0.508 e. The van der Waals surface area contributed by atoms with Crippen LogP contribution in [-0.4, -0.2) is 30.0 Å². The number of aromatic hydroxyl groups is 1. The van der Waals surface area contributed by atoms with Gasteiger partial charge in [-0.3, -0.25) is 0 Å². The van der Waals surface area contributed by atoms with Crippen molar-refractivity contribution in [2.24, 2.45) is 5.92 Å². The van der Waals surface area contributed by atoms with E-state index >= 15 is 0 Å². The number of hydrogen-bond acceptors (Lipinski definition) is 4. The Morgan fingerprint density at radius 2 is 1.81 bits per heavy atom. The van der Waals surface area contributed by atoms with E-state index in [0.29, 0.717) is 5.92 Å². The van der Waals surface area contributed by atoms with Crippen LogP contribution in [0.4, 0.5) is 0 Å². The fraction of sp³-hybridized carbons (Fsp3) is 0.625. The zero-order chi connectivity index (χ0) is 15.3. The SMILES string of the molecule is CC1(C)OB(c2cc(O)ccc2OCC2CC2)OC1(C)C. The Morgan fingerprint density at radius 3 is 2.38 bits per heavy atom. The second-order valence-electron chi connectivity index (χ2n) is 7.06. The molecule has 0 atom stereocenters. The van der Waals surface area contributed by atoms with Crippen molar-refractivity contribution >= 4 is 12.6 Å². The summed E-state index contributed by atoms with van der Waals surface area (Å²) in [5.74, 6) is 1.60. The summed E-state index contributed by atoms with van der Waals surface area (Å²) in [5.41, 5.74) is -0.0531. The molecule has 1 saturated carbocycles. The lowest BCUT2D eigenvalue weighted by Crippen LogP contribution is -2.41. The van der Waals surface area contributed by atoms with Crippen LogP contribution in [0.2, 0.25) is 0 Å². The van der Waals surface area contributed by atoms with Crippen LogP contribution in [0.15, 0.2) is 18.2 Å². The molecule has 3 rings (SSSR count). The molecule has 21 heavy (non-hydrogen) atoms. The van der Waals surface area contributed by atoms with Crippen molar-refractivity contribution in [2.45, 2.75) is 51.7 Å². The molecule has 1 saturated heterocycles. The van der Waals surface area contributed by atoms with Gasteiger partial charge in [0.05, 0.1) is 17.8 Å². The summed E-state index contributed by atoms with van der Waals surface area (Å²) in [6.07, 6.45) is 2.48. The van der Waals surface area contributed by atoms with Crippen LogP contribution in [0.1, 0.15) is 40.5 Å². The number of benzene rings is 1. The Labute approximate surface area is 126 Å². The number of ether oxygens (including phenoxy) is 1. The lowest BCUT2D eigenvalue weighted by atomic mass is 9.78. The van der Waals surface area contributed by atoms with Gasteiger partial charge in [-0.15, -0.1) is 0 Å². The lowest BCUT2D eigenvalue weighted by molar-refractivity contribution is 0.00578. The highest BCUT2D eigenvalue weighted by molar-refractivity contribution is 6.63. The summed E-state index contributed by atoms with van der Waals surface area (Å²) < 4.78 is 18.0. The summed E-state index contributed by atoms with van der Waals surface area (Å²) in [7, 11) is -0.517. The van der Waals surface area contributed by atoms with E-state index < -0.39 is 18.3 Å². The van der Waals surface area contributed by atoms with Crippen LogP contribution in [-0.2, 0) is 9.31 Å². The molecule has 4 nitrogen and oxygen atoms in total. The van der Waals surface area contributed by atoms with Crippen LogP contribution < -0.4 is 10.2 Å². The van der Waals surface area contributed by atoms with E-state index in [0.717, 1.165) is 17.8 Å². The monoisotopic (exact) mass is 290 g/mol. The van der Waals surface area contributed by atoms with Crippen molar-refractivity contribution < 1.29 is 19.2 Å². The molecular formula is C16H23BO4. The van der Waals surface area contributed by atoms with Gasteiger partial charge in [0.1, 0.15) is 11.5 Å². The molecule has 1 aliphatic heterocycles. The highest BCUT2D eigenvalue weighted by Crippen LogP contribution is 2.37. The first-order valence-corrected chi connectivity index (χ1v) is 7.60. The van der Waals surface area contributed by atoms with Gasteiger partial charge in [-0.25, -0.2) is 0 Å². The Balaban J connectivity index is 1.85. The minimum absolute atomic E-state index is 0.193. The van der Waals surface area contributed by atoms with Crippen molar-refractivity contribution in [3.63, 3.8) is 0 Å². The number of phenols is 1. The van der Waals surface area contributed by atoms with E-state index in [-0.39, 0.29) is 5.75 Å². The highest BCUT2D eigenvalue weighted by Gasteiger charge is 2.52. The van der Waals surface area contributed by atoms with E-state index in [2.05, 4.69) is 0 Å². The molecule has 0 radical (unpaired) electrons. The lowest BCUT2D eigenvalue weighted by Gasteiger charge is -2.32. The summed E-state index contributed by atoms with van der Waals surface area (Å²) in [6, 6.07) is 5.10. The molecule has 1 aromatic carbocycles. The first-order valence-electron chi connectivity index (χ1n) is 7.60. The summed E-state index contributed by atoms with van der Waals surface area (Å²) in [6.45, 7) is 8.78. The summed E-state index contributed by atoms with van der Waals surface area (Å²) in [5, 5.41) is 9.78. The smallest absolute Gasteiger partial charge is 0.498 e. The molecular weight excluding hydrogens is 267 g/mol. The fourth-order valence-corrected chi connectivity index (χ4v) is 2.31. The van der Waals surface area contributed by atoms with Crippen LogP contribution in [0.25, 0.3) is 0 Å². The van der Waals surface area contributed by atoms with E-state index in [1.54, 1.807) is 18.2 Å². The molecule has 2 fully saturated rings. The molecule has 0 unspecified atom stereocenters. The maximum absolute atomic E-state index is 9.78. The summed E-state index contributed by atoms with van der Waals surface area (Å²) >= 11 is 0. The standard InChI is InChI=1S/C16H23BO4/c1-15(2)16(3,4)21-17(20-15)13-9-12(18)7-8-14(13)19-10-11-5-6-11/h7-9,11,18H,5-6,10H2,1-4H3. The highest BCUT2D eigenvalue weighted by atomic mass is 16.7. The van der Waals surface area contributed by atoms with E-state index in [9.17, 15) is 5.11 Å². The number of phenolic OH excluding ortho intramolecular Hbond substituents is 1. The Hall–Kier alpha value is -1.20. The van der Waals surface area contributed by atoms with Crippen LogP contribution in [0.5, 0.6) is 11.5 Å². The molecule has 0 bridgehead atoms. The van der Waals surface area contributed by atoms with Crippen molar-refractivity contribution in [3.8, 4) is 11.5 Å². The molecule has 1 N–H and O–H groups in total. The first kappa shape index (κ1) is 14.7. The van der Waals surface area contributed by atoms with Crippen LogP contribution in [0.3, 0.4) is 0 Å². The Bertz CT molecular complexity index is 521. The van der Waals surface area contributed by atoms with Gasteiger partial charge in [0.2, 0.25) is 0 Å². The van der Waals surface area contributed by atoms with Crippen molar-refractivity contribution in [3.05, 3.63) is 18.2 Å². The van der Waals surface area contributed by atoms with Crippen LogP contribution in [0, 0.1) is 5.92 Å². The zero-order valence-corrected chi connectivity index (χ0v) is 13.2. The topological polar surface area (TPSA) is 47.9 Å². The maximum Gasteiger partial charge on any atom is 0.498 e. The second-order valence-corrected chi connectivity index (χ2v) is 7.06. The van der Waals surface area contributed by atoms with Gasteiger partial charge in [0.15, 0.2) is 0 Å². The predicted octanol–water partition coefficient (Wildman–Crippen LogP) is 2.48. The third-order valence-corrected chi connectivity index (χ3v) is 4.67. The second kappa shape index (κ2) is 4.92. The van der Waals surface area contributed by atoms with Crippen LogP contribution >= 0.6 is 0 Å². The molecule has 1 heterocycles. The summed E-state index contributed by atoms with van der Waals surface area (Å²) in [4.78, 5) is 0. The average molecular weight is 290 g/mol. The molecule has 114 valence electrons. The van der Waals surface area contributed by atoms with Gasteiger partial charge >= 0.3 is 7.12 Å². The maximum atomic E-state index is 9.78. The normalized spacial score (nSPS) is 23.3. The quantitative estimate of drug-likeness (QED) is 0.865. The van der Waals surface area contributed by atoms with Gasteiger partial charge < -0.3 is 19.2 Å². The average Bonchev–Trinajstić information content (AvgIpc) is 3.16. The van der Waals surface area contributed by atoms with Crippen molar-refractivity contribution in [2.75, 3.05) is 6.61 Å². The fourth-order valence-electron chi connectivity index (χ4n) is 2.31. The van der Waals surface area contributed by atoms with Gasteiger partial charge in [0, 0.05) is 5.46 Å². The third-order valence-electron chi connectivity index (χ3n) is 4.67. The van der Waals surface area contributed by atoms with Gasteiger partial charge in [0.25, 0.3) is 0 Å². The van der Waals surface area contributed by atoms with Crippen molar-refractivity contribution in [1.82, 2.24) is 0 Å². The zero-order valence-electron chi connectivity index (χ0n) is 13.2. The minimum Gasteiger partial charge on any atom is -0.508 e. The molecule has 0 amide bonds. The Morgan fingerprint density at radius 1 is 1.19 bits per heavy atom. The number of rotatable bonds is 4. The van der Waals surface area contributed by atoms with Gasteiger partial charge in [-0.2, -0.15) is 0 Å². The Kier molecular flexibility index (Phi) is 3.45. The van der Waals surface area contributed by atoms with Crippen molar-refractivity contribution in [1.29, 1.82) is 0 Å². The molecule has 0 spiro atoms. The first-order chi connectivity index (χ1) is 9.78. The molecule has 0 aromatic heterocycles.